The minimum absolute atomic E-state index is 0.0363. The molecule has 1 atom stereocenters. The molecule has 0 saturated heterocycles. The Morgan fingerprint density at radius 1 is 1.00 bits per heavy atom. The summed E-state index contributed by atoms with van der Waals surface area (Å²) in [7, 11) is 1.48. The zero-order chi connectivity index (χ0) is 22.2. The zero-order valence-corrected chi connectivity index (χ0v) is 19.3. The first kappa shape index (κ1) is 22.2. The maximum atomic E-state index is 13.0. The van der Waals surface area contributed by atoms with Gasteiger partial charge in [0.1, 0.15) is 16.2 Å². The molecule has 0 saturated carbocycles. The van der Waals surface area contributed by atoms with Crippen molar-refractivity contribution in [1.29, 1.82) is 0 Å². The lowest BCUT2D eigenvalue weighted by atomic mass is 10.2. The summed E-state index contributed by atoms with van der Waals surface area (Å²) in [6.07, 6.45) is 0.743. The Hall–Kier alpha value is -2.49. The Labute approximate surface area is 178 Å². The van der Waals surface area contributed by atoms with Gasteiger partial charge in [-0.25, -0.2) is 14.8 Å². The van der Waals surface area contributed by atoms with E-state index in [0.29, 0.717) is 40.1 Å². The van der Waals surface area contributed by atoms with Crippen LogP contribution in [-0.2, 0) is 13.6 Å². The summed E-state index contributed by atoms with van der Waals surface area (Å²) in [5, 5.41) is 4.66. The first-order valence-corrected chi connectivity index (χ1v) is 11.0. The van der Waals surface area contributed by atoms with E-state index in [9.17, 15) is 9.59 Å². The van der Waals surface area contributed by atoms with E-state index in [1.54, 1.807) is 4.57 Å². The summed E-state index contributed by atoms with van der Waals surface area (Å²) in [5.74, 6) is 1.89. The molecule has 0 fully saturated rings. The minimum Gasteiger partial charge on any atom is -0.338 e. The van der Waals surface area contributed by atoms with E-state index in [1.807, 2.05) is 41.5 Å². The topological polar surface area (TPSA) is 109 Å². The van der Waals surface area contributed by atoms with E-state index in [4.69, 9.17) is 4.52 Å². The Morgan fingerprint density at radius 2 is 1.67 bits per heavy atom. The van der Waals surface area contributed by atoms with Gasteiger partial charge in [0.2, 0.25) is 5.89 Å². The van der Waals surface area contributed by atoms with Crippen LogP contribution >= 0.6 is 11.8 Å². The molecule has 3 aromatic heterocycles. The molecule has 162 valence electrons. The summed E-state index contributed by atoms with van der Waals surface area (Å²) in [6, 6.07) is 0. The van der Waals surface area contributed by atoms with E-state index in [0.717, 1.165) is 11.0 Å². The standard InChI is InChI=1S/C20H28N6O3S/c1-8-9-26-16-13(19(27)25(7)20(26)28)18(23-14(21-16)10(2)3)30-12(6)17-22-15(11(4)5)24-29-17/h10-12H,8-9H2,1-7H3. The molecule has 10 heteroatoms. The van der Waals surface area contributed by atoms with Crippen LogP contribution in [0.25, 0.3) is 11.0 Å². The molecule has 0 aliphatic heterocycles. The van der Waals surface area contributed by atoms with Gasteiger partial charge < -0.3 is 4.52 Å². The molecular formula is C20H28N6O3S. The number of hydrogen-bond acceptors (Lipinski definition) is 8. The molecule has 0 spiro atoms. The van der Waals surface area contributed by atoms with Crippen molar-refractivity contribution < 1.29 is 4.52 Å². The third-order valence-electron chi connectivity index (χ3n) is 4.74. The molecule has 0 radical (unpaired) electrons. The number of aromatic nitrogens is 6. The van der Waals surface area contributed by atoms with Crippen molar-refractivity contribution in [2.75, 3.05) is 0 Å². The van der Waals surface area contributed by atoms with Crippen molar-refractivity contribution in [1.82, 2.24) is 29.2 Å². The van der Waals surface area contributed by atoms with Crippen LogP contribution in [0.5, 0.6) is 0 Å². The second kappa shape index (κ2) is 8.71. The first-order valence-electron chi connectivity index (χ1n) is 10.2. The molecule has 0 aliphatic carbocycles. The van der Waals surface area contributed by atoms with Crippen LogP contribution in [0.3, 0.4) is 0 Å². The molecule has 0 N–H and O–H groups in total. The molecule has 0 aliphatic rings. The van der Waals surface area contributed by atoms with Crippen LogP contribution in [0.15, 0.2) is 19.1 Å². The molecule has 9 nitrogen and oxygen atoms in total. The van der Waals surface area contributed by atoms with Gasteiger partial charge in [0.05, 0.1) is 5.25 Å². The highest BCUT2D eigenvalue weighted by Gasteiger charge is 2.24. The molecule has 0 aromatic carbocycles. The van der Waals surface area contributed by atoms with Gasteiger partial charge in [-0.2, -0.15) is 4.98 Å². The van der Waals surface area contributed by atoms with Gasteiger partial charge in [0.15, 0.2) is 11.5 Å². The monoisotopic (exact) mass is 432 g/mol. The summed E-state index contributed by atoms with van der Waals surface area (Å²) in [6.45, 7) is 12.3. The molecule has 1 unspecified atom stereocenters. The SMILES string of the molecule is CCCn1c(=O)n(C)c(=O)c2c(SC(C)c3nc(C(C)C)no3)nc(C(C)C)nc21. The van der Waals surface area contributed by atoms with Crippen LogP contribution in [0.1, 0.15) is 82.6 Å². The number of nitrogens with zero attached hydrogens (tertiary/aromatic N) is 6. The summed E-state index contributed by atoms with van der Waals surface area (Å²) in [5.41, 5.74) is -0.391. The largest absolute Gasteiger partial charge is 0.338 e. The van der Waals surface area contributed by atoms with Gasteiger partial charge in [0.25, 0.3) is 5.56 Å². The third kappa shape index (κ3) is 4.05. The van der Waals surface area contributed by atoms with E-state index in [-0.39, 0.29) is 22.8 Å². The highest BCUT2D eigenvalue weighted by Crippen LogP contribution is 2.36. The molecule has 3 heterocycles. The quantitative estimate of drug-likeness (QED) is 0.413. The highest BCUT2D eigenvalue weighted by atomic mass is 32.2. The van der Waals surface area contributed by atoms with Crippen LogP contribution in [0, 0.1) is 0 Å². The van der Waals surface area contributed by atoms with Gasteiger partial charge in [0, 0.05) is 25.4 Å². The lowest BCUT2D eigenvalue weighted by Gasteiger charge is -2.16. The van der Waals surface area contributed by atoms with Crippen LogP contribution in [0.4, 0.5) is 0 Å². The predicted molar refractivity (Wildman–Crippen MR) is 116 cm³/mol. The van der Waals surface area contributed by atoms with Crippen LogP contribution in [-0.4, -0.2) is 29.2 Å². The number of fused-ring (bicyclic) bond motifs is 1. The summed E-state index contributed by atoms with van der Waals surface area (Å²) >= 11 is 1.36. The molecule has 30 heavy (non-hydrogen) atoms. The maximum Gasteiger partial charge on any atom is 0.332 e. The average molecular weight is 433 g/mol. The van der Waals surface area contributed by atoms with E-state index < -0.39 is 5.56 Å². The maximum absolute atomic E-state index is 13.0. The Morgan fingerprint density at radius 3 is 2.23 bits per heavy atom. The lowest BCUT2D eigenvalue weighted by molar-refractivity contribution is 0.373. The molecule has 0 bridgehead atoms. The third-order valence-corrected chi connectivity index (χ3v) is 5.81. The summed E-state index contributed by atoms with van der Waals surface area (Å²) < 4.78 is 8.10. The zero-order valence-electron chi connectivity index (χ0n) is 18.5. The highest BCUT2D eigenvalue weighted by molar-refractivity contribution is 7.99. The van der Waals surface area contributed by atoms with Crippen LogP contribution in [0.2, 0.25) is 0 Å². The predicted octanol–water partition coefficient (Wildman–Crippen LogP) is 3.38. The van der Waals surface area contributed by atoms with E-state index in [1.165, 1.54) is 18.8 Å². The minimum atomic E-state index is -0.402. The van der Waals surface area contributed by atoms with Gasteiger partial charge in [-0.05, 0) is 13.3 Å². The number of thioether (sulfide) groups is 1. The first-order chi connectivity index (χ1) is 14.1. The fraction of sp³-hybridized carbons (Fsp3) is 0.600. The molecule has 3 aromatic rings. The van der Waals surface area contributed by atoms with Crippen molar-refractivity contribution >= 4 is 22.8 Å². The summed E-state index contributed by atoms with van der Waals surface area (Å²) in [4.78, 5) is 39.5. The Bertz CT molecular complexity index is 1180. The fourth-order valence-corrected chi connectivity index (χ4v) is 3.96. The molecule has 0 amide bonds. The van der Waals surface area contributed by atoms with Gasteiger partial charge in [-0.15, -0.1) is 0 Å². The van der Waals surface area contributed by atoms with Gasteiger partial charge >= 0.3 is 5.69 Å². The fourth-order valence-electron chi connectivity index (χ4n) is 2.99. The average Bonchev–Trinajstić information content (AvgIpc) is 3.19. The van der Waals surface area contributed by atoms with Crippen molar-refractivity contribution in [3.63, 3.8) is 0 Å². The van der Waals surface area contributed by atoms with E-state index in [2.05, 4.69) is 20.1 Å². The molecular weight excluding hydrogens is 404 g/mol. The number of hydrogen-bond donors (Lipinski definition) is 0. The van der Waals surface area contributed by atoms with Crippen molar-refractivity contribution in [2.45, 2.75) is 76.6 Å². The van der Waals surface area contributed by atoms with E-state index >= 15 is 0 Å². The van der Waals surface area contributed by atoms with Crippen molar-refractivity contribution in [3.8, 4) is 0 Å². The lowest BCUT2D eigenvalue weighted by Crippen LogP contribution is -2.39. The molecule has 3 rings (SSSR count). The van der Waals surface area contributed by atoms with Crippen molar-refractivity contribution in [3.05, 3.63) is 38.4 Å². The number of aryl methyl sites for hydroxylation is 1. The normalized spacial score (nSPS) is 13.0. The van der Waals surface area contributed by atoms with Crippen molar-refractivity contribution in [2.24, 2.45) is 7.05 Å². The Balaban J connectivity index is 2.21. The van der Waals surface area contributed by atoms with Gasteiger partial charge in [-0.3, -0.25) is 13.9 Å². The van der Waals surface area contributed by atoms with Crippen LogP contribution < -0.4 is 11.2 Å². The Kier molecular flexibility index (Phi) is 6.44. The van der Waals surface area contributed by atoms with Gasteiger partial charge in [-0.1, -0.05) is 51.5 Å². The second-order valence-electron chi connectivity index (χ2n) is 7.94. The smallest absolute Gasteiger partial charge is 0.332 e. The second-order valence-corrected chi connectivity index (χ2v) is 9.27. The number of rotatable bonds is 7.